The van der Waals surface area contributed by atoms with E-state index in [1.807, 2.05) is 0 Å². The molecule has 332 valence electrons. The van der Waals surface area contributed by atoms with Gasteiger partial charge >= 0.3 is 41.5 Å². The number of aliphatic hydroxyl groups is 11. The van der Waals surface area contributed by atoms with E-state index in [1.54, 1.807) is 48.2 Å². The maximum atomic E-state index is 12.7. The van der Waals surface area contributed by atoms with Gasteiger partial charge in [-0.15, -0.1) is 0 Å². The molecule has 12 N–H and O–H groups in total. The monoisotopic (exact) mass is 883 g/mol. The van der Waals surface area contributed by atoms with Crippen molar-refractivity contribution in [2.24, 2.45) is 28.6 Å². The van der Waals surface area contributed by atoms with Gasteiger partial charge in [-0.05, 0) is 61.8 Å². The second kappa shape index (κ2) is 20.9. The molecule has 1 aliphatic heterocycles. The number of aliphatic hydroxyl groups excluding tert-OH is 10. The van der Waals surface area contributed by atoms with Gasteiger partial charge in [-0.25, -0.2) is 4.79 Å². The van der Waals surface area contributed by atoms with Crippen molar-refractivity contribution < 1.29 is 120 Å². The standard InChI is InChI=1S/C19H22O6.C8H7ClO3.C6H15NO3.C6H12O6.Na/c1-9-7-17-8-18(9,24)5-3-10(17)19-6-4-11(20)16(2,15(23)25-19)13(19)12(17)14(21)22;9-6-3-1-2-4-7(6)12-5-8(10)11;8-4-1-7(2-5-9)3-6-10;7-1-2(8)4(10)6(12)5(11)3(1)9;/h4,6,10-13,20,24H,1,3,5,7-8H2,2H3,(H,21,22);1-4H,5H2,(H,10,11);8-10H,1-6H2;1-12H;/q;;;;+1/p-1/t10?,11-,12+,13?,16+,17-,18-,19?;;;;/m0..../s1. The molecule has 5 fully saturated rings. The van der Waals surface area contributed by atoms with E-state index in [9.17, 15) is 29.7 Å². The molecule has 5 aliphatic carbocycles. The normalized spacial score (nSPS) is 39.0. The van der Waals surface area contributed by atoms with E-state index < -0.39 is 94.5 Å². The fraction of sp³-hybridized carbons (Fsp3) is 0.667. The molecule has 0 radical (unpaired) electrons. The van der Waals surface area contributed by atoms with Gasteiger partial charge in [0.15, 0.2) is 6.61 Å². The van der Waals surface area contributed by atoms with Gasteiger partial charge in [0.1, 0.15) is 53.4 Å². The van der Waals surface area contributed by atoms with Crippen molar-refractivity contribution >= 4 is 29.5 Å². The number of benzene rings is 1. The Bertz CT molecular complexity index is 1630. The Morgan fingerprint density at radius 1 is 0.933 bits per heavy atom. The first-order valence-electron chi connectivity index (χ1n) is 19.1. The first-order chi connectivity index (χ1) is 27.6. The molecule has 7 rings (SSSR count). The molecule has 6 aliphatic rings. The molecule has 0 amide bonds. The summed E-state index contributed by atoms with van der Waals surface area (Å²) in [5.41, 5.74) is -3.49. The molecular weight excluding hydrogens is 829 g/mol. The van der Waals surface area contributed by atoms with E-state index in [0.717, 1.165) is 0 Å². The molecule has 60 heavy (non-hydrogen) atoms. The minimum Gasteiger partial charge on any atom is -0.550 e. The number of rotatable bonds is 10. The van der Waals surface area contributed by atoms with Crippen molar-refractivity contribution in [1.82, 2.24) is 4.90 Å². The molecule has 4 bridgehead atoms. The first kappa shape index (κ1) is 52.1. The molecule has 21 heteroatoms. The van der Waals surface area contributed by atoms with Gasteiger partial charge in [-0.1, -0.05) is 36.4 Å². The van der Waals surface area contributed by atoms with Crippen LogP contribution >= 0.6 is 11.6 Å². The van der Waals surface area contributed by atoms with Crippen LogP contribution in [0.5, 0.6) is 5.75 Å². The Balaban J connectivity index is 0.000000234. The predicted octanol–water partition coefficient (Wildman–Crippen LogP) is -7.07. The molecule has 1 heterocycles. The summed E-state index contributed by atoms with van der Waals surface area (Å²) < 4.78 is 10.7. The number of carbonyl (C=O) groups is 3. The van der Waals surface area contributed by atoms with E-state index in [2.05, 4.69) is 6.58 Å². The third kappa shape index (κ3) is 9.76. The fourth-order valence-electron chi connectivity index (χ4n) is 9.79. The van der Waals surface area contributed by atoms with Gasteiger partial charge in [-0.3, -0.25) is 9.69 Å². The van der Waals surface area contributed by atoms with Gasteiger partial charge in [0.2, 0.25) is 0 Å². The molecule has 4 saturated carbocycles. The second-order valence-corrected chi connectivity index (χ2v) is 16.4. The molecule has 0 aromatic heterocycles. The number of aliphatic carboxylic acids is 2. The van der Waals surface area contributed by atoms with E-state index in [0.29, 0.717) is 61.7 Å². The Kier molecular flexibility index (Phi) is 18.2. The number of para-hydroxylation sites is 1. The van der Waals surface area contributed by atoms with Crippen molar-refractivity contribution in [1.29, 1.82) is 0 Å². The fourth-order valence-corrected chi connectivity index (χ4v) is 9.98. The zero-order chi connectivity index (χ0) is 44.2. The first-order valence-corrected chi connectivity index (χ1v) is 19.5. The Hall–Kier alpha value is -2.28. The van der Waals surface area contributed by atoms with Crippen LogP contribution in [0.4, 0.5) is 0 Å². The Morgan fingerprint density at radius 2 is 1.43 bits per heavy atom. The van der Waals surface area contributed by atoms with Crippen molar-refractivity contribution in [3.63, 3.8) is 0 Å². The summed E-state index contributed by atoms with van der Waals surface area (Å²) in [5.74, 6) is -4.30. The van der Waals surface area contributed by atoms with Gasteiger partial charge in [0.25, 0.3) is 0 Å². The average Bonchev–Trinajstić information content (AvgIpc) is 3.62. The number of hydrogen-bond donors (Lipinski definition) is 12. The smallest absolute Gasteiger partial charge is 0.550 e. The summed E-state index contributed by atoms with van der Waals surface area (Å²) in [6.07, 6.45) is -5.93. The van der Waals surface area contributed by atoms with E-state index in [4.69, 9.17) is 72.1 Å². The molecule has 19 nitrogen and oxygen atoms in total. The zero-order valence-corrected chi connectivity index (χ0v) is 36.1. The number of esters is 1. The van der Waals surface area contributed by atoms with Crippen LogP contribution in [-0.4, -0.2) is 184 Å². The summed E-state index contributed by atoms with van der Waals surface area (Å²) in [4.78, 5) is 36.9. The third-order valence-electron chi connectivity index (χ3n) is 12.6. The molecule has 1 spiro atoms. The SMILES string of the molecule is C=C1C[C@]23C[C@@]1(O)CCC2C12C=C[C@H](O)[C@@](C)(C(=O)O1)C2[C@@H]3C(=O)[O-].O=C(O)COc1ccccc1Cl.OC1C(O)C(O)C(O)C(O)C1O.OCCN(CCO)CCO.[Na+]. The maximum absolute atomic E-state index is 12.7. The van der Waals surface area contributed by atoms with Crippen molar-refractivity contribution in [2.45, 2.75) is 86.5 Å². The predicted molar refractivity (Wildman–Crippen MR) is 201 cm³/mol. The third-order valence-corrected chi connectivity index (χ3v) is 13.0. The zero-order valence-electron chi connectivity index (χ0n) is 33.4. The molecule has 1 aromatic carbocycles. The Morgan fingerprint density at radius 3 is 1.88 bits per heavy atom. The van der Waals surface area contributed by atoms with Crippen LogP contribution in [0.25, 0.3) is 0 Å². The number of ether oxygens (including phenoxy) is 2. The minimum atomic E-state index is -1.64. The van der Waals surface area contributed by atoms with Gasteiger partial charge in [-0.2, -0.15) is 0 Å². The summed E-state index contributed by atoms with van der Waals surface area (Å²) in [7, 11) is 0. The van der Waals surface area contributed by atoms with E-state index in [-0.39, 0.29) is 61.9 Å². The molecule has 1 aromatic rings. The topological polar surface area (TPSA) is 339 Å². The summed E-state index contributed by atoms with van der Waals surface area (Å²) in [6, 6.07) is 6.73. The largest absolute Gasteiger partial charge is 1.00 e. The molecule has 1 saturated heterocycles. The minimum absolute atomic E-state index is 0. The molecular formula is C39H55ClNNaO18. The van der Waals surface area contributed by atoms with Gasteiger partial charge < -0.3 is 80.7 Å². The van der Waals surface area contributed by atoms with Crippen LogP contribution in [-0.2, 0) is 19.1 Å². The van der Waals surface area contributed by atoms with Crippen LogP contribution in [0.1, 0.15) is 32.6 Å². The van der Waals surface area contributed by atoms with E-state index >= 15 is 0 Å². The number of carboxylic acid groups (broad SMARTS) is 2. The molecule has 8 atom stereocenters. The van der Waals surface area contributed by atoms with Crippen molar-refractivity contribution in [2.75, 3.05) is 46.1 Å². The number of carboxylic acids is 2. The average molecular weight is 884 g/mol. The summed E-state index contributed by atoms with van der Waals surface area (Å²) >= 11 is 5.69. The van der Waals surface area contributed by atoms with E-state index in [1.165, 1.54) is 0 Å². The maximum Gasteiger partial charge on any atom is 1.00 e. The van der Waals surface area contributed by atoms with Crippen LogP contribution < -0.4 is 39.4 Å². The Labute approximate surface area is 373 Å². The van der Waals surface area contributed by atoms with Crippen LogP contribution in [0.3, 0.4) is 0 Å². The van der Waals surface area contributed by atoms with Gasteiger partial charge in [0, 0.05) is 43.4 Å². The van der Waals surface area contributed by atoms with Gasteiger partial charge in [0.05, 0.1) is 36.5 Å². The molecule has 3 unspecified atom stereocenters. The van der Waals surface area contributed by atoms with Crippen LogP contribution in [0.15, 0.2) is 48.6 Å². The van der Waals surface area contributed by atoms with Crippen LogP contribution in [0.2, 0.25) is 5.02 Å². The summed E-state index contributed by atoms with van der Waals surface area (Å²) in [5, 5.41) is 122. The number of nitrogens with zero attached hydrogens (tertiary/aromatic N) is 1. The quantitative estimate of drug-likeness (QED) is 0.0590. The summed E-state index contributed by atoms with van der Waals surface area (Å²) in [6.45, 7) is 6.98. The van der Waals surface area contributed by atoms with Crippen LogP contribution in [0, 0.1) is 28.6 Å². The second-order valence-electron chi connectivity index (χ2n) is 16.0. The number of halogens is 1. The number of fused-ring (bicyclic) bond motifs is 1. The number of carbonyl (C=O) groups excluding carboxylic acids is 2. The number of hydrogen-bond acceptors (Lipinski definition) is 18. The van der Waals surface area contributed by atoms with Crippen molar-refractivity contribution in [3.8, 4) is 5.75 Å². The van der Waals surface area contributed by atoms with Crippen molar-refractivity contribution in [3.05, 3.63) is 53.6 Å².